The second-order valence-electron chi connectivity index (χ2n) is 7.09. The molecular formula is C21H25N3O4. The van der Waals surface area contributed by atoms with E-state index < -0.39 is 4.92 Å². The smallest absolute Gasteiger partial charge is 0.312 e. The molecule has 1 fully saturated rings. The summed E-state index contributed by atoms with van der Waals surface area (Å²) in [6, 6.07) is 10.8. The van der Waals surface area contributed by atoms with Crippen LogP contribution in [0.1, 0.15) is 36.5 Å². The molecule has 0 spiro atoms. The van der Waals surface area contributed by atoms with E-state index in [4.69, 9.17) is 9.47 Å². The summed E-state index contributed by atoms with van der Waals surface area (Å²) in [4.78, 5) is 11.2. The van der Waals surface area contributed by atoms with Gasteiger partial charge in [0.25, 0.3) is 0 Å². The maximum absolute atomic E-state index is 11.6. The summed E-state index contributed by atoms with van der Waals surface area (Å²) in [5.74, 6) is 1.11. The molecule has 0 saturated carbocycles. The van der Waals surface area contributed by atoms with Crippen molar-refractivity contribution in [3.05, 3.63) is 63.2 Å². The third-order valence-electron chi connectivity index (χ3n) is 4.55. The van der Waals surface area contributed by atoms with Gasteiger partial charge in [0.1, 0.15) is 5.75 Å². The van der Waals surface area contributed by atoms with Gasteiger partial charge in [-0.1, -0.05) is 26.0 Å². The van der Waals surface area contributed by atoms with Crippen LogP contribution in [0.2, 0.25) is 0 Å². The zero-order chi connectivity index (χ0) is 20.1. The Morgan fingerprint density at radius 2 is 1.93 bits per heavy atom. The molecule has 3 rings (SSSR count). The van der Waals surface area contributed by atoms with E-state index in [1.165, 1.54) is 6.07 Å². The summed E-state index contributed by atoms with van der Waals surface area (Å²) < 4.78 is 11.3. The van der Waals surface area contributed by atoms with Crippen molar-refractivity contribution in [3.8, 4) is 11.5 Å². The predicted molar refractivity (Wildman–Crippen MR) is 108 cm³/mol. The molecule has 0 aromatic heterocycles. The van der Waals surface area contributed by atoms with Crippen molar-refractivity contribution in [1.29, 1.82) is 0 Å². The van der Waals surface area contributed by atoms with Crippen LogP contribution in [0.4, 0.5) is 5.69 Å². The lowest BCUT2D eigenvalue weighted by atomic mass is 10.0. The molecule has 0 unspecified atom stereocenters. The number of nitro groups is 1. The second-order valence-corrected chi connectivity index (χ2v) is 7.09. The molecule has 7 nitrogen and oxygen atoms in total. The zero-order valence-corrected chi connectivity index (χ0v) is 16.4. The highest BCUT2D eigenvalue weighted by atomic mass is 16.6. The highest BCUT2D eigenvalue weighted by Gasteiger charge is 2.19. The van der Waals surface area contributed by atoms with Crippen LogP contribution in [0, 0.1) is 17.0 Å². The molecule has 7 heteroatoms. The fourth-order valence-corrected chi connectivity index (χ4v) is 2.99. The highest BCUT2D eigenvalue weighted by molar-refractivity contribution is 5.81. The summed E-state index contributed by atoms with van der Waals surface area (Å²) in [5, 5.41) is 17.9. The first kappa shape index (κ1) is 19.8. The fraction of sp³-hybridized carbons (Fsp3) is 0.381. The van der Waals surface area contributed by atoms with Gasteiger partial charge in [0.05, 0.1) is 37.4 Å². The van der Waals surface area contributed by atoms with Crippen molar-refractivity contribution in [2.24, 2.45) is 5.10 Å². The van der Waals surface area contributed by atoms with Gasteiger partial charge < -0.3 is 9.47 Å². The molecule has 0 radical (unpaired) electrons. The van der Waals surface area contributed by atoms with Gasteiger partial charge in [0.15, 0.2) is 0 Å². The second kappa shape index (κ2) is 8.84. The lowest BCUT2D eigenvalue weighted by Gasteiger charge is -2.23. The predicted octanol–water partition coefficient (Wildman–Crippen LogP) is 4.49. The fourth-order valence-electron chi connectivity index (χ4n) is 2.99. The molecule has 1 aliphatic heterocycles. The summed E-state index contributed by atoms with van der Waals surface area (Å²) in [6.45, 7) is 8.80. The number of benzene rings is 2. The number of ether oxygens (including phenoxy) is 2. The van der Waals surface area contributed by atoms with Gasteiger partial charge in [-0.2, -0.15) is 5.10 Å². The first-order chi connectivity index (χ1) is 13.4. The number of hydrogen-bond acceptors (Lipinski definition) is 6. The lowest BCUT2D eigenvalue weighted by Crippen LogP contribution is -2.32. The number of rotatable bonds is 6. The van der Waals surface area contributed by atoms with Crippen LogP contribution in [0.25, 0.3) is 0 Å². The standard InChI is InChI=1S/C21H25N3O4/c1-15(2)18-6-4-16(3)12-21(18)28-20-7-5-17(13-19(20)24(25)26)14-22-23-8-10-27-11-9-23/h4-7,12-15H,8-11H2,1-3H3/b22-14-. The van der Waals surface area contributed by atoms with Gasteiger partial charge in [-0.15, -0.1) is 0 Å². The average Bonchev–Trinajstić information content (AvgIpc) is 2.67. The van der Waals surface area contributed by atoms with Gasteiger partial charge in [0.2, 0.25) is 5.75 Å². The third kappa shape index (κ3) is 4.86. The molecule has 1 heterocycles. The van der Waals surface area contributed by atoms with E-state index >= 15 is 0 Å². The van der Waals surface area contributed by atoms with Gasteiger partial charge in [0, 0.05) is 11.6 Å². The minimum Gasteiger partial charge on any atom is -0.450 e. The van der Waals surface area contributed by atoms with Crippen LogP contribution in [-0.2, 0) is 4.74 Å². The van der Waals surface area contributed by atoms with E-state index in [1.807, 2.05) is 30.1 Å². The molecule has 0 atom stereocenters. The molecule has 1 saturated heterocycles. The van der Waals surface area contributed by atoms with Gasteiger partial charge in [-0.05, 0) is 42.2 Å². The molecule has 0 amide bonds. The highest BCUT2D eigenvalue weighted by Crippen LogP contribution is 2.36. The quantitative estimate of drug-likeness (QED) is 0.417. The molecule has 0 N–H and O–H groups in total. The van der Waals surface area contributed by atoms with E-state index in [0.29, 0.717) is 37.6 Å². The van der Waals surface area contributed by atoms with Crippen molar-refractivity contribution in [1.82, 2.24) is 5.01 Å². The van der Waals surface area contributed by atoms with Crippen LogP contribution < -0.4 is 4.74 Å². The molecule has 2 aromatic carbocycles. The van der Waals surface area contributed by atoms with Gasteiger partial charge in [-0.25, -0.2) is 0 Å². The van der Waals surface area contributed by atoms with E-state index in [9.17, 15) is 10.1 Å². The lowest BCUT2D eigenvalue weighted by molar-refractivity contribution is -0.385. The van der Waals surface area contributed by atoms with E-state index in [1.54, 1.807) is 18.3 Å². The van der Waals surface area contributed by atoms with E-state index in [2.05, 4.69) is 18.9 Å². The van der Waals surface area contributed by atoms with Crippen molar-refractivity contribution < 1.29 is 14.4 Å². The van der Waals surface area contributed by atoms with Crippen LogP contribution in [0.3, 0.4) is 0 Å². The Hall–Kier alpha value is -2.93. The molecule has 28 heavy (non-hydrogen) atoms. The largest absolute Gasteiger partial charge is 0.450 e. The Bertz CT molecular complexity index is 874. The Balaban J connectivity index is 1.87. The number of hydrazone groups is 1. The number of morpholine rings is 1. The van der Waals surface area contributed by atoms with Crippen molar-refractivity contribution in [2.75, 3.05) is 26.3 Å². The molecule has 0 aliphatic carbocycles. The Morgan fingerprint density at radius 3 is 2.61 bits per heavy atom. The number of nitrogens with zero attached hydrogens (tertiary/aromatic N) is 3. The molecular weight excluding hydrogens is 358 g/mol. The molecule has 2 aromatic rings. The average molecular weight is 383 g/mol. The Morgan fingerprint density at radius 1 is 1.18 bits per heavy atom. The minimum atomic E-state index is -0.424. The minimum absolute atomic E-state index is 0.0814. The Labute approximate surface area is 164 Å². The van der Waals surface area contributed by atoms with Crippen molar-refractivity contribution in [3.63, 3.8) is 0 Å². The van der Waals surface area contributed by atoms with E-state index in [0.717, 1.165) is 11.1 Å². The van der Waals surface area contributed by atoms with Crippen LogP contribution in [0.5, 0.6) is 11.5 Å². The summed E-state index contributed by atoms with van der Waals surface area (Å²) in [6.07, 6.45) is 1.63. The maximum atomic E-state index is 11.6. The number of aryl methyl sites for hydroxylation is 1. The molecule has 0 bridgehead atoms. The molecule has 148 valence electrons. The summed E-state index contributed by atoms with van der Waals surface area (Å²) in [5.41, 5.74) is 2.62. The topological polar surface area (TPSA) is 77.2 Å². The number of nitro benzene ring substituents is 1. The summed E-state index contributed by atoms with van der Waals surface area (Å²) >= 11 is 0. The zero-order valence-electron chi connectivity index (χ0n) is 16.4. The van der Waals surface area contributed by atoms with Crippen LogP contribution in [0.15, 0.2) is 41.5 Å². The third-order valence-corrected chi connectivity index (χ3v) is 4.55. The monoisotopic (exact) mass is 383 g/mol. The SMILES string of the molecule is Cc1ccc(C(C)C)c(Oc2ccc(/C=N\N3CCOCC3)cc2[N+](=O)[O-])c1. The number of hydrogen-bond donors (Lipinski definition) is 0. The van der Waals surface area contributed by atoms with E-state index in [-0.39, 0.29) is 17.4 Å². The van der Waals surface area contributed by atoms with Gasteiger partial charge in [-0.3, -0.25) is 15.1 Å². The first-order valence-electron chi connectivity index (χ1n) is 9.37. The summed E-state index contributed by atoms with van der Waals surface area (Å²) in [7, 11) is 0. The maximum Gasteiger partial charge on any atom is 0.312 e. The van der Waals surface area contributed by atoms with Gasteiger partial charge >= 0.3 is 5.69 Å². The van der Waals surface area contributed by atoms with Crippen molar-refractivity contribution >= 4 is 11.9 Å². The Kier molecular flexibility index (Phi) is 6.26. The van der Waals surface area contributed by atoms with Crippen LogP contribution >= 0.6 is 0 Å². The molecule has 1 aliphatic rings. The van der Waals surface area contributed by atoms with Crippen molar-refractivity contribution in [2.45, 2.75) is 26.7 Å². The van der Waals surface area contributed by atoms with Crippen LogP contribution in [-0.4, -0.2) is 42.5 Å². The first-order valence-corrected chi connectivity index (χ1v) is 9.37. The normalized spacial score (nSPS) is 14.6.